The minimum atomic E-state index is -0.800. The molecule has 0 fully saturated rings. The van der Waals surface area contributed by atoms with E-state index in [1.807, 2.05) is 24.4 Å². The van der Waals surface area contributed by atoms with E-state index in [1.54, 1.807) is 0 Å². The first-order valence-corrected chi connectivity index (χ1v) is 9.07. The minimum absolute atomic E-state index is 0.0271. The number of ether oxygens (including phenoxy) is 3. The van der Waals surface area contributed by atoms with Crippen molar-refractivity contribution in [3.05, 3.63) is 56.3 Å². The van der Waals surface area contributed by atoms with E-state index in [9.17, 15) is 19.7 Å². The van der Waals surface area contributed by atoms with E-state index in [0.717, 1.165) is 11.0 Å². The molecule has 1 amide bonds. The number of nitrogens with one attached hydrogen (secondary N) is 1. The maximum absolute atomic E-state index is 11.9. The molecule has 0 aliphatic carbocycles. The lowest BCUT2D eigenvalue weighted by Crippen LogP contribution is -2.30. The van der Waals surface area contributed by atoms with Crippen LogP contribution in [0.5, 0.6) is 11.5 Å². The quantitative estimate of drug-likeness (QED) is 0.326. The first kappa shape index (κ1) is 19.4. The fourth-order valence-corrected chi connectivity index (χ4v) is 3.21. The average Bonchev–Trinajstić information content (AvgIpc) is 3.34. The van der Waals surface area contributed by atoms with Crippen LogP contribution in [0.15, 0.2) is 35.7 Å². The van der Waals surface area contributed by atoms with Crippen molar-refractivity contribution in [2.75, 3.05) is 13.4 Å². The van der Waals surface area contributed by atoms with Crippen molar-refractivity contribution in [1.29, 1.82) is 0 Å². The van der Waals surface area contributed by atoms with Gasteiger partial charge < -0.3 is 19.5 Å². The first-order valence-electron chi connectivity index (χ1n) is 8.19. The van der Waals surface area contributed by atoms with Crippen molar-refractivity contribution in [3.8, 4) is 11.5 Å². The van der Waals surface area contributed by atoms with Gasteiger partial charge in [0, 0.05) is 11.0 Å². The lowest BCUT2D eigenvalue weighted by Gasteiger charge is -2.11. The Kier molecular flexibility index (Phi) is 5.90. The molecule has 0 unspecified atom stereocenters. The molecular weight excluding hydrogens is 388 g/mol. The van der Waals surface area contributed by atoms with Crippen LogP contribution in [0.25, 0.3) is 6.08 Å². The van der Waals surface area contributed by atoms with Crippen molar-refractivity contribution in [2.24, 2.45) is 0 Å². The van der Waals surface area contributed by atoms with Gasteiger partial charge >= 0.3 is 5.97 Å². The maximum Gasteiger partial charge on any atom is 0.331 e. The zero-order valence-electron chi connectivity index (χ0n) is 14.7. The Balaban J connectivity index is 1.57. The molecule has 0 saturated heterocycles. The highest BCUT2D eigenvalue weighted by Gasteiger charge is 2.22. The van der Waals surface area contributed by atoms with Gasteiger partial charge in [-0.1, -0.05) is 6.07 Å². The van der Waals surface area contributed by atoms with E-state index in [0.29, 0.717) is 5.75 Å². The lowest BCUT2D eigenvalue weighted by atomic mass is 10.1. The van der Waals surface area contributed by atoms with Crippen LogP contribution >= 0.6 is 11.3 Å². The number of amides is 1. The van der Waals surface area contributed by atoms with Gasteiger partial charge in [0.05, 0.1) is 22.6 Å². The predicted molar refractivity (Wildman–Crippen MR) is 100 cm³/mol. The van der Waals surface area contributed by atoms with Gasteiger partial charge in [0.15, 0.2) is 18.1 Å². The smallest absolute Gasteiger partial charge is 0.331 e. The first-order chi connectivity index (χ1) is 13.4. The largest absolute Gasteiger partial charge is 0.454 e. The topological polar surface area (TPSA) is 117 Å². The summed E-state index contributed by atoms with van der Waals surface area (Å²) in [7, 11) is 0. The molecule has 1 aliphatic heterocycles. The van der Waals surface area contributed by atoms with Gasteiger partial charge in [-0.05, 0) is 30.5 Å². The third-order valence-electron chi connectivity index (χ3n) is 3.81. The lowest BCUT2D eigenvalue weighted by molar-refractivity contribution is -0.385. The number of fused-ring (bicyclic) bond motifs is 1. The standard InChI is InChI=1S/C18H16N2O7S/c1-11(16-3-2-6-28-16)19-17(21)9-25-18(22)5-4-12-7-14-15(27-10-26-14)8-13(12)20(23)24/h2-8,11H,9-10H2,1H3,(H,19,21)/b5-4+/t11-/m0/s1. The van der Waals surface area contributed by atoms with Crippen molar-refractivity contribution < 1.29 is 28.7 Å². The van der Waals surface area contributed by atoms with E-state index in [4.69, 9.17) is 14.2 Å². The molecule has 28 heavy (non-hydrogen) atoms. The van der Waals surface area contributed by atoms with E-state index in [2.05, 4.69) is 5.32 Å². The van der Waals surface area contributed by atoms with Crippen LogP contribution in [-0.2, 0) is 14.3 Å². The fraction of sp³-hybridized carbons (Fsp3) is 0.222. The molecule has 3 rings (SSSR count). The van der Waals surface area contributed by atoms with Gasteiger partial charge in [-0.3, -0.25) is 14.9 Å². The second-order valence-electron chi connectivity index (χ2n) is 5.77. The van der Waals surface area contributed by atoms with Crippen LogP contribution in [0.4, 0.5) is 5.69 Å². The molecule has 1 atom stereocenters. The number of nitro groups is 1. The Morgan fingerprint density at radius 3 is 2.82 bits per heavy atom. The van der Waals surface area contributed by atoms with Gasteiger partial charge in [-0.25, -0.2) is 4.79 Å². The summed E-state index contributed by atoms with van der Waals surface area (Å²) in [4.78, 5) is 35.3. The Labute approximate surface area is 163 Å². The SMILES string of the molecule is C[C@H](NC(=O)COC(=O)/C=C/c1cc2c(cc1[N+](=O)[O-])OCO2)c1cccs1. The van der Waals surface area contributed by atoms with Crippen LogP contribution in [0.1, 0.15) is 23.4 Å². The van der Waals surface area contributed by atoms with Gasteiger partial charge in [-0.2, -0.15) is 0 Å². The molecule has 2 heterocycles. The Hall–Kier alpha value is -3.40. The van der Waals surface area contributed by atoms with E-state index >= 15 is 0 Å². The third kappa shape index (κ3) is 4.65. The summed E-state index contributed by atoms with van der Waals surface area (Å²) in [6.45, 7) is 1.34. The molecule has 10 heteroatoms. The summed E-state index contributed by atoms with van der Waals surface area (Å²) in [5.74, 6) is -0.633. The maximum atomic E-state index is 11.9. The third-order valence-corrected chi connectivity index (χ3v) is 4.87. The molecule has 9 nitrogen and oxygen atoms in total. The molecule has 1 aromatic heterocycles. The number of benzene rings is 1. The average molecular weight is 404 g/mol. The van der Waals surface area contributed by atoms with Crippen molar-refractivity contribution >= 4 is 35.0 Å². The van der Waals surface area contributed by atoms with E-state index in [1.165, 1.54) is 29.5 Å². The second-order valence-corrected chi connectivity index (χ2v) is 6.75. The van der Waals surface area contributed by atoms with Crippen molar-refractivity contribution in [3.63, 3.8) is 0 Å². The highest BCUT2D eigenvalue weighted by atomic mass is 32.1. The highest BCUT2D eigenvalue weighted by molar-refractivity contribution is 7.10. The van der Waals surface area contributed by atoms with Gasteiger partial charge in [0.1, 0.15) is 0 Å². The van der Waals surface area contributed by atoms with Crippen molar-refractivity contribution in [1.82, 2.24) is 5.32 Å². The summed E-state index contributed by atoms with van der Waals surface area (Å²) >= 11 is 1.51. The minimum Gasteiger partial charge on any atom is -0.454 e. The zero-order chi connectivity index (χ0) is 20.1. The number of hydrogen-bond acceptors (Lipinski definition) is 8. The molecule has 1 aliphatic rings. The highest BCUT2D eigenvalue weighted by Crippen LogP contribution is 2.38. The van der Waals surface area contributed by atoms with E-state index in [-0.39, 0.29) is 29.8 Å². The summed E-state index contributed by atoms with van der Waals surface area (Å²) in [6.07, 6.45) is 2.25. The Morgan fingerprint density at radius 1 is 1.39 bits per heavy atom. The molecule has 0 bridgehead atoms. The summed E-state index contributed by atoms with van der Waals surface area (Å²) in [5, 5.41) is 15.8. The van der Waals surface area contributed by atoms with Gasteiger partial charge in [-0.15, -0.1) is 11.3 Å². The van der Waals surface area contributed by atoms with E-state index < -0.39 is 23.4 Å². The molecule has 1 aromatic carbocycles. The number of hydrogen-bond donors (Lipinski definition) is 1. The number of rotatable bonds is 7. The summed E-state index contributed by atoms with van der Waals surface area (Å²) in [5.41, 5.74) is -0.0854. The van der Waals surface area contributed by atoms with Crippen LogP contribution < -0.4 is 14.8 Å². The number of esters is 1. The predicted octanol–water partition coefficient (Wildman–Crippen LogP) is 2.82. The monoisotopic (exact) mass is 404 g/mol. The van der Waals surface area contributed by atoms with Crippen LogP contribution in [0.2, 0.25) is 0 Å². The number of nitrogens with zero attached hydrogens (tertiary/aromatic N) is 1. The van der Waals surface area contributed by atoms with Crippen molar-refractivity contribution in [2.45, 2.75) is 13.0 Å². The molecule has 0 radical (unpaired) electrons. The van der Waals surface area contributed by atoms with Crippen LogP contribution in [0.3, 0.4) is 0 Å². The second kappa shape index (κ2) is 8.53. The molecule has 2 aromatic rings. The molecule has 0 spiro atoms. The van der Waals surface area contributed by atoms with Gasteiger partial charge in [0.25, 0.3) is 11.6 Å². The fourth-order valence-electron chi connectivity index (χ4n) is 2.47. The Bertz CT molecular complexity index is 924. The number of nitro benzene ring substituents is 1. The summed E-state index contributed by atoms with van der Waals surface area (Å²) < 4.78 is 15.2. The molecular formula is C18H16N2O7S. The molecule has 146 valence electrons. The summed E-state index contributed by atoms with van der Waals surface area (Å²) in [6, 6.07) is 6.20. The number of carbonyl (C=O) groups excluding carboxylic acids is 2. The normalized spacial score (nSPS) is 13.3. The van der Waals surface area contributed by atoms with Crippen LogP contribution in [-0.4, -0.2) is 30.2 Å². The molecule has 0 saturated carbocycles. The van der Waals surface area contributed by atoms with Gasteiger partial charge in [0.2, 0.25) is 6.79 Å². The number of carbonyl (C=O) groups is 2. The molecule has 1 N–H and O–H groups in total. The number of thiophene rings is 1. The van der Waals surface area contributed by atoms with Crippen LogP contribution in [0, 0.1) is 10.1 Å². The zero-order valence-corrected chi connectivity index (χ0v) is 15.6. The Morgan fingerprint density at radius 2 is 2.14 bits per heavy atom.